The van der Waals surface area contributed by atoms with E-state index in [4.69, 9.17) is 4.74 Å². The Morgan fingerprint density at radius 1 is 1.33 bits per heavy atom. The summed E-state index contributed by atoms with van der Waals surface area (Å²) in [5, 5.41) is 10.0. The molecule has 1 heterocycles. The summed E-state index contributed by atoms with van der Waals surface area (Å²) >= 11 is 0. The van der Waals surface area contributed by atoms with Gasteiger partial charge < -0.3 is 9.84 Å². The highest BCUT2D eigenvalue weighted by molar-refractivity contribution is 5.27. The van der Waals surface area contributed by atoms with Gasteiger partial charge in [-0.2, -0.15) is 0 Å². The van der Waals surface area contributed by atoms with E-state index in [9.17, 15) is 9.90 Å². The van der Waals surface area contributed by atoms with E-state index in [0.717, 1.165) is 5.56 Å². The van der Waals surface area contributed by atoms with Crippen molar-refractivity contribution in [1.82, 2.24) is 9.55 Å². The molecule has 2 aromatic rings. The molecule has 1 aromatic heterocycles. The monoisotopic (exact) mass is 288 g/mol. The number of aryl methyl sites for hydroxylation is 2. The van der Waals surface area contributed by atoms with Gasteiger partial charge in [0.05, 0.1) is 12.9 Å². The van der Waals surface area contributed by atoms with Crippen molar-refractivity contribution in [3.05, 3.63) is 57.8 Å². The van der Waals surface area contributed by atoms with E-state index >= 15 is 0 Å². The zero-order chi connectivity index (χ0) is 15.4. The van der Waals surface area contributed by atoms with Crippen LogP contribution in [0.2, 0.25) is 0 Å². The van der Waals surface area contributed by atoms with Crippen LogP contribution in [-0.2, 0) is 6.54 Å². The van der Waals surface area contributed by atoms with Gasteiger partial charge in [0.2, 0.25) is 0 Å². The third-order valence-electron chi connectivity index (χ3n) is 3.35. The van der Waals surface area contributed by atoms with Gasteiger partial charge in [0, 0.05) is 11.3 Å². The van der Waals surface area contributed by atoms with E-state index in [1.54, 1.807) is 13.8 Å². The summed E-state index contributed by atoms with van der Waals surface area (Å²) < 4.78 is 6.94. The van der Waals surface area contributed by atoms with Crippen molar-refractivity contribution in [2.45, 2.75) is 33.4 Å². The predicted molar refractivity (Wildman–Crippen MR) is 80.7 cm³/mol. The molecular formula is C16H20N2O3. The van der Waals surface area contributed by atoms with E-state index in [1.165, 1.54) is 10.9 Å². The van der Waals surface area contributed by atoms with Gasteiger partial charge in [-0.1, -0.05) is 12.1 Å². The molecule has 1 atom stereocenters. The van der Waals surface area contributed by atoms with E-state index in [0.29, 0.717) is 17.0 Å². The molecule has 1 N–H and O–H groups in total. The van der Waals surface area contributed by atoms with Gasteiger partial charge in [-0.15, -0.1) is 0 Å². The number of benzene rings is 1. The first-order chi connectivity index (χ1) is 9.97. The first-order valence-electron chi connectivity index (χ1n) is 6.87. The highest BCUT2D eigenvalue weighted by atomic mass is 16.5. The Balaban J connectivity index is 1.98. The summed E-state index contributed by atoms with van der Waals surface area (Å²) in [5.41, 5.74) is 2.28. The summed E-state index contributed by atoms with van der Waals surface area (Å²) in [4.78, 5) is 16.1. The summed E-state index contributed by atoms with van der Waals surface area (Å²) in [6.07, 6.45) is 0.688. The van der Waals surface area contributed by atoms with Crippen molar-refractivity contribution < 1.29 is 9.84 Å². The number of aliphatic hydroxyl groups excluding tert-OH is 1. The third-order valence-corrected chi connectivity index (χ3v) is 3.35. The minimum absolute atomic E-state index is 0.128. The molecule has 112 valence electrons. The molecule has 0 aliphatic heterocycles. The number of rotatable bonds is 5. The number of aromatic nitrogens is 2. The summed E-state index contributed by atoms with van der Waals surface area (Å²) in [7, 11) is 0. The summed E-state index contributed by atoms with van der Waals surface area (Å²) in [6, 6.07) is 7.61. The molecule has 1 aromatic carbocycles. The number of aliphatic hydroxyl groups is 1. The van der Waals surface area contributed by atoms with E-state index < -0.39 is 6.10 Å². The average Bonchev–Trinajstić information content (AvgIpc) is 2.46. The number of hydrogen-bond donors (Lipinski definition) is 1. The molecule has 0 fully saturated rings. The molecule has 0 radical (unpaired) electrons. The number of ether oxygens (including phenoxy) is 1. The Labute approximate surface area is 123 Å². The lowest BCUT2D eigenvalue weighted by atomic mass is 10.2. The van der Waals surface area contributed by atoms with Crippen LogP contribution in [0.15, 0.2) is 35.4 Å². The lowest BCUT2D eigenvalue weighted by Gasteiger charge is -2.14. The smallest absolute Gasteiger partial charge is 0.256 e. The van der Waals surface area contributed by atoms with Crippen LogP contribution in [-0.4, -0.2) is 27.4 Å². The molecule has 2 rings (SSSR count). The van der Waals surface area contributed by atoms with Crippen LogP contribution in [0.4, 0.5) is 0 Å². The fourth-order valence-corrected chi connectivity index (χ4v) is 1.98. The fraction of sp³-hybridized carbons (Fsp3) is 0.375. The molecule has 0 saturated heterocycles. The van der Waals surface area contributed by atoms with Gasteiger partial charge in [0.1, 0.15) is 18.5 Å². The van der Waals surface area contributed by atoms with Crippen LogP contribution >= 0.6 is 0 Å². The second kappa shape index (κ2) is 6.54. The minimum atomic E-state index is -0.771. The molecule has 0 amide bonds. The second-order valence-corrected chi connectivity index (χ2v) is 5.19. The van der Waals surface area contributed by atoms with Gasteiger partial charge in [0.25, 0.3) is 5.56 Å². The summed E-state index contributed by atoms with van der Waals surface area (Å²) in [5.74, 6) is 0.708. The van der Waals surface area contributed by atoms with Gasteiger partial charge in [0.15, 0.2) is 0 Å². The van der Waals surface area contributed by atoms with Crippen molar-refractivity contribution in [3.63, 3.8) is 0 Å². The highest BCUT2D eigenvalue weighted by Crippen LogP contribution is 2.12. The Kier molecular flexibility index (Phi) is 4.75. The molecule has 0 aliphatic carbocycles. The molecular weight excluding hydrogens is 268 g/mol. The van der Waals surface area contributed by atoms with Crippen LogP contribution in [0.5, 0.6) is 5.75 Å². The minimum Gasteiger partial charge on any atom is -0.491 e. The maximum Gasteiger partial charge on any atom is 0.256 e. The summed E-state index contributed by atoms with van der Waals surface area (Å²) in [6.45, 7) is 5.79. The van der Waals surface area contributed by atoms with E-state index in [-0.39, 0.29) is 18.7 Å². The first-order valence-corrected chi connectivity index (χ1v) is 6.87. The first kappa shape index (κ1) is 15.3. The van der Waals surface area contributed by atoms with Crippen LogP contribution in [0.3, 0.4) is 0 Å². The normalized spacial score (nSPS) is 12.2. The quantitative estimate of drug-likeness (QED) is 0.908. The molecule has 0 bridgehead atoms. The lowest BCUT2D eigenvalue weighted by molar-refractivity contribution is 0.0912. The Morgan fingerprint density at radius 3 is 2.81 bits per heavy atom. The van der Waals surface area contributed by atoms with Crippen LogP contribution in [0, 0.1) is 20.8 Å². The fourth-order valence-electron chi connectivity index (χ4n) is 1.98. The maximum absolute atomic E-state index is 12.0. The van der Waals surface area contributed by atoms with Gasteiger partial charge >= 0.3 is 0 Å². The predicted octanol–water partition coefficient (Wildman–Crippen LogP) is 1.61. The molecule has 0 spiro atoms. The number of nitrogens with zero attached hydrogens (tertiary/aromatic N) is 2. The van der Waals surface area contributed by atoms with Crippen molar-refractivity contribution in [2.24, 2.45) is 0 Å². The van der Waals surface area contributed by atoms with Crippen LogP contribution < -0.4 is 10.3 Å². The molecule has 0 aliphatic rings. The van der Waals surface area contributed by atoms with E-state index in [1.807, 2.05) is 31.2 Å². The Bertz CT molecular complexity index is 679. The Hall–Kier alpha value is -2.14. The standard InChI is InChI=1S/C16H20N2O3/c1-11-5-4-6-15(7-11)21-9-14(19)8-18-10-17-13(3)12(2)16(18)20/h4-7,10,14,19H,8-9H2,1-3H3/t14-/m1/s1. The molecule has 21 heavy (non-hydrogen) atoms. The molecule has 0 saturated carbocycles. The molecule has 5 heteroatoms. The third kappa shape index (κ3) is 3.92. The lowest BCUT2D eigenvalue weighted by Crippen LogP contribution is -2.31. The zero-order valence-electron chi connectivity index (χ0n) is 12.5. The van der Waals surface area contributed by atoms with Crippen molar-refractivity contribution in [1.29, 1.82) is 0 Å². The SMILES string of the molecule is Cc1cccc(OC[C@H](O)Cn2cnc(C)c(C)c2=O)c1. The van der Waals surface area contributed by atoms with Crippen LogP contribution in [0.25, 0.3) is 0 Å². The second-order valence-electron chi connectivity index (χ2n) is 5.19. The molecule has 0 unspecified atom stereocenters. The largest absolute Gasteiger partial charge is 0.491 e. The van der Waals surface area contributed by atoms with Crippen molar-refractivity contribution >= 4 is 0 Å². The van der Waals surface area contributed by atoms with Gasteiger partial charge in [-0.05, 0) is 38.5 Å². The maximum atomic E-state index is 12.0. The van der Waals surface area contributed by atoms with Crippen molar-refractivity contribution in [2.75, 3.05) is 6.61 Å². The van der Waals surface area contributed by atoms with E-state index in [2.05, 4.69) is 4.98 Å². The molecule has 5 nitrogen and oxygen atoms in total. The van der Waals surface area contributed by atoms with Gasteiger partial charge in [-0.25, -0.2) is 4.98 Å². The Morgan fingerprint density at radius 2 is 2.10 bits per heavy atom. The average molecular weight is 288 g/mol. The van der Waals surface area contributed by atoms with Crippen LogP contribution in [0.1, 0.15) is 16.8 Å². The van der Waals surface area contributed by atoms with Crippen molar-refractivity contribution in [3.8, 4) is 5.75 Å². The zero-order valence-corrected chi connectivity index (χ0v) is 12.5. The number of hydrogen-bond acceptors (Lipinski definition) is 4. The highest BCUT2D eigenvalue weighted by Gasteiger charge is 2.10. The topological polar surface area (TPSA) is 64.3 Å². The van der Waals surface area contributed by atoms with Gasteiger partial charge in [-0.3, -0.25) is 9.36 Å².